The Morgan fingerprint density at radius 3 is 2.81 bits per heavy atom. The third-order valence-corrected chi connectivity index (χ3v) is 7.46. The summed E-state index contributed by atoms with van der Waals surface area (Å²) in [5, 5.41) is 3.01. The third-order valence-electron chi connectivity index (χ3n) is 5.55. The number of ether oxygens (including phenoxy) is 1. The van der Waals surface area contributed by atoms with Crippen molar-refractivity contribution in [3.8, 4) is 0 Å². The van der Waals surface area contributed by atoms with Crippen molar-refractivity contribution in [2.45, 2.75) is 26.8 Å². The lowest BCUT2D eigenvalue weighted by molar-refractivity contribution is -0.139. The van der Waals surface area contributed by atoms with E-state index in [0.717, 1.165) is 27.0 Å². The highest BCUT2D eigenvalue weighted by Crippen LogP contribution is 2.33. The summed E-state index contributed by atoms with van der Waals surface area (Å²) >= 11 is 2.85. The topological polar surface area (TPSA) is 76.4 Å². The molecule has 1 aliphatic heterocycles. The number of aryl methyl sites for hydroxylation is 1. The average Bonchev–Trinajstić information content (AvgIpc) is 3.47. The molecular weight excluding hydrogens is 442 g/mol. The Morgan fingerprint density at radius 1 is 1.25 bits per heavy atom. The lowest BCUT2D eigenvalue weighted by Crippen LogP contribution is -2.39. The number of hydrogen-bond acceptors (Lipinski definition) is 6. The van der Waals surface area contributed by atoms with E-state index in [1.807, 2.05) is 54.8 Å². The molecule has 1 aliphatic rings. The predicted octanol–water partition coefficient (Wildman–Crippen LogP) is 3.65. The van der Waals surface area contributed by atoms with Crippen LogP contribution in [0.5, 0.6) is 0 Å². The number of hydrogen-bond donors (Lipinski definition) is 1. The van der Waals surface area contributed by atoms with Crippen LogP contribution in [0.3, 0.4) is 0 Å². The number of nitrogens with zero attached hydrogens (tertiary/aromatic N) is 2. The molecular formula is C24H21N3O3S2. The van der Waals surface area contributed by atoms with Gasteiger partial charge < -0.3 is 9.72 Å². The van der Waals surface area contributed by atoms with Gasteiger partial charge in [0.15, 0.2) is 4.80 Å². The second-order valence-electron chi connectivity index (χ2n) is 7.53. The number of carbonyl (C=O) groups excluding carboxylic acids is 1. The normalized spacial score (nSPS) is 16.3. The molecule has 0 amide bonds. The number of H-pyrrole nitrogens is 1. The van der Waals surface area contributed by atoms with Gasteiger partial charge in [0, 0.05) is 27.0 Å². The summed E-state index contributed by atoms with van der Waals surface area (Å²) in [6, 6.07) is 11.3. The van der Waals surface area contributed by atoms with Gasteiger partial charge in [-0.1, -0.05) is 35.6 Å². The minimum atomic E-state index is -0.545. The average molecular weight is 464 g/mol. The summed E-state index contributed by atoms with van der Waals surface area (Å²) in [5.41, 5.74) is 3.84. The van der Waals surface area contributed by atoms with Gasteiger partial charge in [0.05, 0.1) is 22.4 Å². The van der Waals surface area contributed by atoms with Gasteiger partial charge >= 0.3 is 5.97 Å². The van der Waals surface area contributed by atoms with Crippen molar-refractivity contribution in [1.82, 2.24) is 9.55 Å². The van der Waals surface area contributed by atoms with E-state index in [2.05, 4.69) is 9.98 Å². The molecule has 0 aliphatic carbocycles. The quantitative estimate of drug-likeness (QED) is 0.470. The number of nitrogens with one attached hydrogen (secondary N) is 1. The Balaban J connectivity index is 1.75. The number of benzene rings is 1. The van der Waals surface area contributed by atoms with Crippen molar-refractivity contribution in [1.29, 1.82) is 0 Å². The first-order valence-electron chi connectivity index (χ1n) is 10.3. The monoisotopic (exact) mass is 463 g/mol. The van der Waals surface area contributed by atoms with E-state index in [4.69, 9.17) is 4.74 Å². The van der Waals surface area contributed by atoms with Gasteiger partial charge in [-0.15, -0.1) is 11.3 Å². The largest absolute Gasteiger partial charge is 0.463 e. The Bertz CT molecular complexity index is 1550. The Hall–Kier alpha value is -3.23. The van der Waals surface area contributed by atoms with E-state index in [-0.39, 0.29) is 12.2 Å². The first kappa shape index (κ1) is 20.7. The molecule has 1 aromatic carbocycles. The fourth-order valence-corrected chi connectivity index (χ4v) is 5.97. The first-order valence-corrected chi connectivity index (χ1v) is 12.0. The molecule has 0 saturated heterocycles. The standard InChI is InChI=1S/C24H21N3O3S2/c1-4-30-23(29)20-14(3)26-24-27(21(20)18-10-7-11-31-18)22(28)19(32-24)12-16-13(2)25-17-9-6-5-8-15(16)17/h5-12,21,25H,4H2,1-3H3/b19-12-. The van der Waals surface area contributed by atoms with E-state index in [1.54, 1.807) is 18.4 Å². The second kappa shape index (κ2) is 8.03. The van der Waals surface area contributed by atoms with Crippen LogP contribution in [0.15, 0.2) is 62.8 Å². The SMILES string of the molecule is CCOC(=O)C1=C(C)N=c2s/c(=C\c3c(C)[nH]c4ccccc34)c(=O)n2C1c1cccs1. The maximum atomic E-state index is 13.6. The van der Waals surface area contributed by atoms with Crippen LogP contribution in [0, 0.1) is 6.92 Å². The molecule has 0 saturated carbocycles. The zero-order valence-electron chi connectivity index (χ0n) is 17.8. The number of thiazole rings is 1. The molecule has 4 heterocycles. The van der Waals surface area contributed by atoms with Gasteiger partial charge in [-0.3, -0.25) is 9.36 Å². The molecule has 162 valence electrons. The molecule has 6 nitrogen and oxygen atoms in total. The van der Waals surface area contributed by atoms with Crippen molar-refractivity contribution in [3.05, 3.63) is 88.9 Å². The summed E-state index contributed by atoms with van der Waals surface area (Å²) in [4.78, 5) is 35.9. The van der Waals surface area contributed by atoms with Crippen molar-refractivity contribution in [2.24, 2.45) is 4.99 Å². The highest BCUT2D eigenvalue weighted by molar-refractivity contribution is 7.10. The van der Waals surface area contributed by atoms with Crippen LogP contribution in [-0.2, 0) is 9.53 Å². The summed E-state index contributed by atoms with van der Waals surface area (Å²) in [6.07, 6.45) is 1.92. The summed E-state index contributed by atoms with van der Waals surface area (Å²) < 4.78 is 7.53. The zero-order valence-corrected chi connectivity index (χ0v) is 19.5. The summed E-state index contributed by atoms with van der Waals surface area (Å²) in [7, 11) is 0. The number of aromatic amines is 1. The fourth-order valence-electron chi connectivity index (χ4n) is 4.12. The smallest absolute Gasteiger partial charge is 0.338 e. The van der Waals surface area contributed by atoms with E-state index in [9.17, 15) is 9.59 Å². The Labute approximate surface area is 191 Å². The number of allylic oxidation sites excluding steroid dienone is 1. The highest BCUT2D eigenvalue weighted by Gasteiger charge is 2.33. The van der Waals surface area contributed by atoms with E-state index in [0.29, 0.717) is 20.6 Å². The van der Waals surface area contributed by atoms with Crippen molar-refractivity contribution in [2.75, 3.05) is 6.61 Å². The maximum absolute atomic E-state index is 13.6. The van der Waals surface area contributed by atoms with Gasteiger partial charge in [0.1, 0.15) is 6.04 Å². The number of thiophene rings is 1. The molecule has 0 spiro atoms. The van der Waals surface area contributed by atoms with Crippen LogP contribution in [0.25, 0.3) is 17.0 Å². The molecule has 0 fully saturated rings. The number of para-hydroxylation sites is 1. The number of esters is 1. The molecule has 8 heteroatoms. The van der Waals surface area contributed by atoms with Gasteiger partial charge in [-0.05, 0) is 44.4 Å². The lowest BCUT2D eigenvalue weighted by Gasteiger charge is -2.23. The number of aromatic nitrogens is 2. The fraction of sp³-hybridized carbons (Fsp3) is 0.208. The van der Waals surface area contributed by atoms with Crippen LogP contribution >= 0.6 is 22.7 Å². The van der Waals surface area contributed by atoms with E-state index in [1.165, 1.54) is 22.7 Å². The Morgan fingerprint density at radius 2 is 2.06 bits per heavy atom. The van der Waals surface area contributed by atoms with Gasteiger partial charge in [0.2, 0.25) is 0 Å². The minimum Gasteiger partial charge on any atom is -0.463 e. The maximum Gasteiger partial charge on any atom is 0.338 e. The van der Waals surface area contributed by atoms with Crippen molar-refractivity contribution >= 4 is 45.6 Å². The van der Waals surface area contributed by atoms with E-state index < -0.39 is 12.0 Å². The van der Waals surface area contributed by atoms with E-state index >= 15 is 0 Å². The predicted molar refractivity (Wildman–Crippen MR) is 128 cm³/mol. The molecule has 0 bridgehead atoms. The number of fused-ring (bicyclic) bond motifs is 2. The zero-order chi connectivity index (χ0) is 22.4. The summed E-state index contributed by atoms with van der Waals surface area (Å²) in [6.45, 7) is 5.83. The van der Waals surface area contributed by atoms with Crippen LogP contribution in [0.1, 0.15) is 36.0 Å². The first-order chi connectivity index (χ1) is 15.5. The van der Waals surface area contributed by atoms with Gasteiger partial charge in [0.25, 0.3) is 5.56 Å². The summed E-state index contributed by atoms with van der Waals surface area (Å²) in [5.74, 6) is -0.436. The molecule has 5 rings (SSSR count). The second-order valence-corrected chi connectivity index (χ2v) is 9.52. The minimum absolute atomic E-state index is 0.161. The molecule has 1 atom stereocenters. The van der Waals surface area contributed by atoms with Crippen molar-refractivity contribution < 1.29 is 9.53 Å². The van der Waals surface area contributed by atoms with Crippen LogP contribution in [0.4, 0.5) is 0 Å². The third kappa shape index (κ3) is 3.27. The van der Waals surface area contributed by atoms with Gasteiger partial charge in [-0.2, -0.15) is 0 Å². The molecule has 1 unspecified atom stereocenters. The van der Waals surface area contributed by atoms with Crippen LogP contribution in [-0.4, -0.2) is 22.1 Å². The Kier molecular flexibility index (Phi) is 5.19. The molecule has 3 aromatic heterocycles. The molecule has 1 N–H and O–H groups in total. The molecule has 0 radical (unpaired) electrons. The number of rotatable bonds is 4. The number of carbonyl (C=O) groups is 1. The van der Waals surface area contributed by atoms with Crippen molar-refractivity contribution in [3.63, 3.8) is 0 Å². The highest BCUT2D eigenvalue weighted by atomic mass is 32.1. The molecule has 32 heavy (non-hydrogen) atoms. The molecule has 4 aromatic rings. The lowest BCUT2D eigenvalue weighted by atomic mass is 10.0. The van der Waals surface area contributed by atoms with Crippen LogP contribution < -0.4 is 14.9 Å². The van der Waals surface area contributed by atoms with Gasteiger partial charge in [-0.25, -0.2) is 9.79 Å². The van der Waals surface area contributed by atoms with Crippen LogP contribution in [0.2, 0.25) is 0 Å².